The summed E-state index contributed by atoms with van der Waals surface area (Å²) in [6.45, 7) is 4.74. The van der Waals surface area contributed by atoms with Crippen LogP contribution in [0.3, 0.4) is 0 Å². The molecular formula is C15H21ClO2. The van der Waals surface area contributed by atoms with E-state index in [0.717, 1.165) is 24.2 Å². The van der Waals surface area contributed by atoms with Crippen LogP contribution in [0.25, 0.3) is 0 Å². The second-order valence-corrected chi connectivity index (χ2v) is 4.90. The number of ketones is 1. The van der Waals surface area contributed by atoms with Crippen molar-refractivity contribution >= 4 is 17.4 Å². The molecule has 100 valence electrons. The molecule has 0 saturated carbocycles. The lowest BCUT2D eigenvalue weighted by Gasteiger charge is -2.11. The van der Waals surface area contributed by atoms with Crippen molar-refractivity contribution < 1.29 is 9.53 Å². The van der Waals surface area contributed by atoms with Gasteiger partial charge in [-0.25, -0.2) is 0 Å². The molecule has 0 spiro atoms. The van der Waals surface area contributed by atoms with Gasteiger partial charge in [0, 0.05) is 17.9 Å². The molecule has 0 amide bonds. The van der Waals surface area contributed by atoms with Crippen LogP contribution >= 0.6 is 11.6 Å². The Kier molecular flexibility index (Phi) is 6.81. The van der Waals surface area contributed by atoms with Crippen LogP contribution in [0.15, 0.2) is 24.3 Å². The molecule has 1 aromatic rings. The van der Waals surface area contributed by atoms with E-state index in [1.54, 1.807) is 0 Å². The van der Waals surface area contributed by atoms with Crippen molar-refractivity contribution in [2.24, 2.45) is 5.92 Å². The first kappa shape index (κ1) is 15.0. The zero-order chi connectivity index (χ0) is 13.4. The van der Waals surface area contributed by atoms with E-state index in [1.807, 2.05) is 31.2 Å². The van der Waals surface area contributed by atoms with Gasteiger partial charge in [0.1, 0.15) is 5.75 Å². The van der Waals surface area contributed by atoms with Crippen molar-refractivity contribution in [1.82, 2.24) is 0 Å². The highest BCUT2D eigenvalue weighted by Gasteiger charge is 2.04. The van der Waals surface area contributed by atoms with E-state index in [0.29, 0.717) is 24.8 Å². The number of hydrogen-bond donors (Lipinski definition) is 0. The predicted octanol–water partition coefficient (Wildman–Crippen LogP) is 4.31. The molecule has 18 heavy (non-hydrogen) atoms. The van der Waals surface area contributed by atoms with Gasteiger partial charge in [-0.2, -0.15) is 0 Å². The maximum atomic E-state index is 11.4. The number of alkyl halides is 1. The van der Waals surface area contributed by atoms with Gasteiger partial charge in [-0.15, -0.1) is 11.6 Å². The Morgan fingerprint density at radius 2 is 1.94 bits per heavy atom. The van der Waals surface area contributed by atoms with Crippen molar-refractivity contribution in [2.75, 3.05) is 12.5 Å². The van der Waals surface area contributed by atoms with Crippen molar-refractivity contribution in [1.29, 1.82) is 0 Å². The van der Waals surface area contributed by atoms with Crippen molar-refractivity contribution in [3.63, 3.8) is 0 Å². The van der Waals surface area contributed by atoms with Crippen LogP contribution in [0.4, 0.5) is 0 Å². The molecule has 0 aromatic heterocycles. The van der Waals surface area contributed by atoms with Gasteiger partial charge in [0.15, 0.2) is 5.78 Å². The summed E-state index contributed by atoms with van der Waals surface area (Å²) >= 11 is 5.68. The third kappa shape index (κ3) is 5.09. The Balaban J connectivity index is 2.37. The van der Waals surface area contributed by atoms with Gasteiger partial charge in [-0.3, -0.25) is 4.79 Å². The first-order valence-corrected chi connectivity index (χ1v) is 7.02. The summed E-state index contributed by atoms with van der Waals surface area (Å²) in [7, 11) is 0. The number of rotatable bonds is 8. The lowest BCUT2D eigenvalue weighted by Crippen LogP contribution is -2.05. The monoisotopic (exact) mass is 268 g/mol. The first-order valence-electron chi connectivity index (χ1n) is 6.49. The second kappa shape index (κ2) is 8.15. The van der Waals surface area contributed by atoms with Crippen LogP contribution in [-0.2, 0) is 0 Å². The van der Waals surface area contributed by atoms with E-state index in [1.165, 1.54) is 0 Å². The standard InChI is InChI=1S/C15H21ClO2/c1-3-15(17)13-4-6-14(7-5-13)18-11-9-12(2)8-10-16/h4-7,12H,3,8-11H2,1-2H3. The van der Waals surface area contributed by atoms with E-state index in [-0.39, 0.29) is 5.78 Å². The third-order valence-electron chi connectivity index (χ3n) is 2.98. The zero-order valence-electron chi connectivity index (χ0n) is 11.1. The normalized spacial score (nSPS) is 12.2. The highest BCUT2D eigenvalue weighted by Crippen LogP contribution is 2.15. The summed E-state index contributed by atoms with van der Waals surface area (Å²) in [5.41, 5.74) is 0.750. The Hall–Kier alpha value is -1.02. The topological polar surface area (TPSA) is 26.3 Å². The fourth-order valence-corrected chi connectivity index (χ4v) is 2.02. The number of carbonyl (C=O) groups excluding carboxylic acids is 1. The SMILES string of the molecule is CCC(=O)c1ccc(OCCC(C)CCCl)cc1. The molecule has 3 heteroatoms. The lowest BCUT2D eigenvalue weighted by molar-refractivity contribution is 0.0988. The zero-order valence-corrected chi connectivity index (χ0v) is 11.9. The molecule has 0 fully saturated rings. The molecule has 2 nitrogen and oxygen atoms in total. The number of hydrogen-bond acceptors (Lipinski definition) is 2. The van der Waals surface area contributed by atoms with E-state index < -0.39 is 0 Å². The van der Waals surface area contributed by atoms with Crippen LogP contribution in [0.5, 0.6) is 5.75 Å². The van der Waals surface area contributed by atoms with E-state index in [4.69, 9.17) is 16.3 Å². The van der Waals surface area contributed by atoms with Crippen molar-refractivity contribution in [3.05, 3.63) is 29.8 Å². The molecule has 1 aromatic carbocycles. The third-order valence-corrected chi connectivity index (χ3v) is 3.20. The molecule has 1 unspecified atom stereocenters. The summed E-state index contributed by atoms with van der Waals surface area (Å²) < 4.78 is 5.64. The fourth-order valence-electron chi connectivity index (χ4n) is 1.65. The quantitative estimate of drug-likeness (QED) is 0.519. The highest BCUT2D eigenvalue weighted by molar-refractivity contribution is 6.17. The van der Waals surface area contributed by atoms with Gasteiger partial charge in [0.25, 0.3) is 0 Å². The minimum absolute atomic E-state index is 0.164. The maximum absolute atomic E-state index is 11.4. The molecule has 0 N–H and O–H groups in total. The van der Waals surface area contributed by atoms with Crippen LogP contribution in [0.2, 0.25) is 0 Å². The number of Topliss-reactive ketones (excluding diaryl/α,β-unsaturated/α-hetero) is 1. The smallest absolute Gasteiger partial charge is 0.162 e. The molecule has 1 rings (SSSR count). The highest BCUT2D eigenvalue weighted by atomic mass is 35.5. The maximum Gasteiger partial charge on any atom is 0.162 e. The summed E-state index contributed by atoms with van der Waals surface area (Å²) in [6.07, 6.45) is 2.56. The predicted molar refractivity (Wildman–Crippen MR) is 75.7 cm³/mol. The summed E-state index contributed by atoms with van der Waals surface area (Å²) in [4.78, 5) is 11.4. The Morgan fingerprint density at radius 1 is 1.28 bits per heavy atom. The van der Waals surface area contributed by atoms with E-state index in [2.05, 4.69) is 6.92 Å². The summed E-state index contributed by atoms with van der Waals surface area (Å²) in [5.74, 6) is 2.27. The van der Waals surface area contributed by atoms with Gasteiger partial charge < -0.3 is 4.74 Å². The van der Waals surface area contributed by atoms with Gasteiger partial charge in [-0.1, -0.05) is 13.8 Å². The average Bonchev–Trinajstić information content (AvgIpc) is 2.39. The van der Waals surface area contributed by atoms with Gasteiger partial charge in [-0.05, 0) is 43.0 Å². The number of ether oxygens (including phenoxy) is 1. The lowest BCUT2D eigenvalue weighted by atomic mass is 10.1. The number of benzene rings is 1. The molecule has 0 bridgehead atoms. The van der Waals surface area contributed by atoms with Crippen LogP contribution in [0, 0.1) is 5.92 Å². The first-order chi connectivity index (χ1) is 8.67. The fraction of sp³-hybridized carbons (Fsp3) is 0.533. The molecule has 0 aliphatic heterocycles. The summed E-state index contributed by atoms with van der Waals surface area (Å²) in [6, 6.07) is 7.36. The molecule has 0 heterocycles. The van der Waals surface area contributed by atoms with Gasteiger partial charge in [0.05, 0.1) is 6.61 Å². The van der Waals surface area contributed by atoms with Crippen LogP contribution < -0.4 is 4.74 Å². The molecule has 0 saturated heterocycles. The second-order valence-electron chi connectivity index (χ2n) is 4.52. The Bertz CT molecular complexity index is 359. The van der Waals surface area contributed by atoms with Crippen molar-refractivity contribution in [2.45, 2.75) is 33.1 Å². The van der Waals surface area contributed by atoms with Crippen LogP contribution in [-0.4, -0.2) is 18.3 Å². The Labute approximate surface area is 114 Å². The molecule has 1 atom stereocenters. The van der Waals surface area contributed by atoms with E-state index >= 15 is 0 Å². The Morgan fingerprint density at radius 3 is 2.50 bits per heavy atom. The number of halogens is 1. The largest absolute Gasteiger partial charge is 0.494 e. The van der Waals surface area contributed by atoms with Crippen molar-refractivity contribution in [3.8, 4) is 5.75 Å². The van der Waals surface area contributed by atoms with Gasteiger partial charge >= 0.3 is 0 Å². The minimum atomic E-state index is 0.164. The number of carbonyl (C=O) groups is 1. The minimum Gasteiger partial charge on any atom is -0.494 e. The molecular weight excluding hydrogens is 248 g/mol. The van der Waals surface area contributed by atoms with Gasteiger partial charge in [0.2, 0.25) is 0 Å². The molecule has 0 radical (unpaired) electrons. The average molecular weight is 269 g/mol. The molecule has 0 aliphatic carbocycles. The van der Waals surface area contributed by atoms with Crippen LogP contribution in [0.1, 0.15) is 43.5 Å². The molecule has 0 aliphatic rings. The summed E-state index contributed by atoms with van der Waals surface area (Å²) in [5, 5.41) is 0. The van der Waals surface area contributed by atoms with E-state index in [9.17, 15) is 4.79 Å².